The number of fused-ring (bicyclic) bond motifs is 1. The molecule has 0 spiro atoms. The van der Waals surface area contributed by atoms with Gasteiger partial charge in [0, 0.05) is 5.69 Å². The van der Waals surface area contributed by atoms with Gasteiger partial charge < -0.3 is 5.32 Å². The largest absolute Gasteiger partial charge is 0.364 e. The zero-order chi connectivity index (χ0) is 14.9. The molecule has 2 nitrogen and oxygen atoms in total. The van der Waals surface area contributed by atoms with Crippen molar-refractivity contribution in [2.75, 3.05) is 5.32 Å². The molecule has 3 rings (SSSR count). The van der Waals surface area contributed by atoms with Crippen LogP contribution in [-0.2, 0) is 12.0 Å². The summed E-state index contributed by atoms with van der Waals surface area (Å²) >= 11 is 0. The molecule has 2 aromatic rings. The summed E-state index contributed by atoms with van der Waals surface area (Å²) < 4.78 is 13.6. The Morgan fingerprint density at radius 3 is 2.81 bits per heavy atom. The SMILES string of the molecule is Cc1cc(F)cc(NC2(C#N)CCCc3ccccc32)c1. The molecule has 0 saturated carbocycles. The molecule has 1 aliphatic carbocycles. The fourth-order valence-electron chi connectivity index (χ4n) is 3.16. The molecule has 0 amide bonds. The van der Waals surface area contributed by atoms with E-state index in [1.54, 1.807) is 0 Å². The zero-order valence-corrected chi connectivity index (χ0v) is 12.0. The second-order valence-electron chi connectivity index (χ2n) is 5.67. The van der Waals surface area contributed by atoms with Crippen LogP contribution in [0, 0.1) is 24.1 Å². The molecular formula is C18H17FN2. The number of benzene rings is 2. The van der Waals surface area contributed by atoms with E-state index in [4.69, 9.17) is 0 Å². The van der Waals surface area contributed by atoms with Crippen LogP contribution >= 0.6 is 0 Å². The minimum atomic E-state index is -0.769. The van der Waals surface area contributed by atoms with Gasteiger partial charge in [-0.15, -0.1) is 0 Å². The van der Waals surface area contributed by atoms with Crippen molar-refractivity contribution >= 4 is 5.69 Å². The first-order valence-electron chi connectivity index (χ1n) is 7.18. The Kier molecular flexibility index (Phi) is 3.39. The van der Waals surface area contributed by atoms with E-state index in [9.17, 15) is 9.65 Å². The predicted molar refractivity (Wildman–Crippen MR) is 81.4 cm³/mol. The average Bonchev–Trinajstić information content (AvgIpc) is 2.46. The van der Waals surface area contributed by atoms with Gasteiger partial charge >= 0.3 is 0 Å². The first kappa shape index (κ1) is 13.6. The summed E-state index contributed by atoms with van der Waals surface area (Å²) in [6.07, 6.45) is 2.67. The third-order valence-corrected chi connectivity index (χ3v) is 4.07. The number of rotatable bonds is 2. The second kappa shape index (κ2) is 5.21. The summed E-state index contributed by atoms with van der Waals surface area (Å²) in [4.78, 5) is 0. The Balaban J connectivity index is 2.05. The van der Waals surface area contributed by atoms with E-state index in [1.165, 1.54) is 17.7 Å². The Bertz CT molecular complexity index is 697. The van der Waals surface area contributed by atoms with Crippen LogP contribution in [0.2, 0.25) is 0 Å². The molecular weight excluding hydrogens is 263 g/mol. The molecule has 21 heavy (non-hydrogen) atoms. The maximum Gasteiger partial charge on any atom is 0.151 e. The Morgan fingerprint density at radius 2 is 2.05 bits per heavy atom. The molecule has 1 atom stereocenters. The minimum Gasteiger partial charge on any atom is -0.364 e. The van der Waals surface area contributed by atoms with Gasteiger partial charge in [0.05, 0.1) is 6.07 Å². The van der Waals surface area contributed by atoms with E-state index < -0.39 is 5.54 Å². The number of hydrogen-bond acceptors (Lipinski definition) is 2. The van der Waals surface area contributed by atoms with Crippen LogP contribution in [0.15, 0.2) is 42.5 Å². The topological polar surface area (TPSA) is 35.8 Å². The zero-order valence-electron chi connectivity index (χ0n) is 12.0. The highest BCUT2D eigenvalue weighted by Gasteiger charge is 2.36. The van der Waals surface area contributed by atoms with Crippen LogP contribution in [-0.4, -0.2) is 0 Å². The number of nitrogens with zero attached hydrogens (tertiary/aromatic N) is 1. The van der Waals surface area contributed by atoms with Crippen LogP contribution in [0.25, 0.3) is 0 Å². The van der Waals surface area contributed by atoms with Crippen LogP contribution in [0.4, 0.5) is 10.1 Å². The maximum atomic E-state index is 13.6. The molecule has 3 heteroatoms. The Morgan fingerprint density at radius 1 is 1.24 bits per heavy atom. The molecule has 0 bridgehead atoms. The summed E-state index contributed by atoms with van der Waals surface area (Å²) in [5, 5.41) is 13.1. The highest BCUT2D eigenvalue weighted by Crippen LogP contribution is 2.37. The Hall–Kier alpha value is -2.34. The lowest BCUT2D eigenvalue weighted by atomic mass is 9.77. The van der Waals surface area contributed by atoms with Gasteiger partial charge in [-0.3, -0.25) is 0 Å². The number of aryl methyl sites for hydroxylation is 2. The number of halogens is 1. The number of hydrogen-bond donors (Lipinski definition) is 1. The highest BCUT2D eigenvalue weighted by molar-refractivity contribution is 5.55. The summed E-state index contributed by atoms with van der Waals surface area (Å²) in [6.45, 7) is 1.85. The molecule has 0 heterocycles. The van der Waals surface area contributed by atoms with E-state index >= 15 is 0 Å². The molecule has 1 N–H and O–H groups in total. The highest BCUT2D eigenvalue weighted by atomic mass is 19.1. The van der Waals surface area contributed by atoms with Crippen molar-refractivity contribution in [3.05, 3.63) is 65.0 Å². The normalized spacial score (nSPS) is 20.4. The van der Waals surface area contributed by atoms with Gasteiger partial charge in [-0.25, -0.2) is 4.39 Å². The summed E-state index contributed by atoms with van der Waals surface area (Å²) in [7, 11) is 0. The van der Waals surface area contributed by atoms with Crippen LogP contribution in [0.1, 0.15) is 29.5 Å². The molecule has 0 aromatic heterocycles. The van der Waals surface area contributed by atoms with Gasteiger partial charge in [-0.1, -0.05) is 24.3 Å². The molecule has 1 unspecified atom stereocenters. The summed E-state index contributed by atoms with van der Waals surface area (Å²) in [5.74, 6) is -0.283. The standard InChI is InChI=1S/C18H17FN2/c1-13-9-15(19)11-16(10-13)21-18(12-20)8-4-6-14-5-2-3-7-17(14)18/h2-3,5,7,9-11,21H,4,6,8H2,1H3. The first-order chi connectivity index (χ1) is 10.1. The fourth-order valence-corrected chi connectivity index (χ4v) is 3.16. The van der Waals surface area contributed by atoms with Crippen molar-refractivity contribution in [1.29, 1.82) is 5.26 Å². The number of nitrogens with one attached hydrogen (secondary N) is 1. The van der Waals surface area contributed by atoms with Crippen molar-refractivity contribution in [1.82, 2.24) is 0 Å². The van der Waals surface area contributed by atoms with E-state index in [0.717, 1.165) is 30.4 Å². The van der Waals surface area contributed by atoms with E-state index in [-0.39, 0.29) is 5.82 Å². The van der Waals surface area contributed by atoms with Gasteiger partial charge in [0.1, 0.15) is 5.82 Å². The molecule has 2 aromatic carbocycles. The smallest absolute Gasteiger partial charge is 0.151 e. The Labute approximate surface area is 124 Å². The van der Waals surface area contributed by atoms with Crippen LogP contribution in [0.3, 0.4) is 0 Å². The van der Waals surface area contributed by atoms with Crippen LogP contribution < -0.4 is 5.32 Å². The molecule has 0 fully saturated rings. The van der Waals surface area contributed by atoms with Crippen molar-refractivity contribution < 1.29 is 4.39 Å². The summed E-state index contributed by atoms with van der Waals surface area (Å²) in [6, 6.07) is 15.3. The van der Waals surface area contributed by atoms with Gasteiger partial charge in [0.25, 0.3) is 0 Å². The number of nitriles is 1. The third-order valence-electron chi connectivity index (χ3n) is 4.07. The third kappa shape index (κ3) is 2.50. The fraction of sp³-hybridized carbons (Fsp3) is 0.278. The predicted octanol–water partition coefficient (Wildman–Crippen LogP) is 4.30. The molecule has 0 aliphatic heterocycles. The van der Waals surface area contributed by atoms with Gasteiger partial charge in [0.15, 0.2) is 5.54 Å². The van der Waals surface area contributed by atoms with E-state index in [2.05, 4.69) is 17.5 Å². The van der Waals surface area contributed by atoms with E-state index in [1.807, 2.05) is 31.2 Å². The van der Waals surface area contributed by atoms with Gasteiger partial charge in [-0.2, -0.15) is 5.26 Å². The molecule has 106 valence electrons. The molecule has 0 radical (unpaired) electrons. The first-order valence-corrected chi connectivity index (χ1v) is 7.18. The lowest BCUT2D eigenvalue weighted by Crippen LogP contribution is -2.37. The van der Waals surface area contributed by atoms with Gasteiger partial charge in [0.2, 0.25) is 0 Å². The van der Waals surface area contributed by atoms with Crippen molar-refractivity contribution in [3.63, 3.8) is 0 Å². The van der Waals surface area contributed by atoms with Crippen molar-refractivity contribution in [2.24, 2.45) is 0 Å². The molecule has 0 saturated heterocycles. The minimum absolute atomic E-state index is 0.283. The van der Waals surface area contributed by atoms with Crippen molar-refractivity contribution in [2.45, 2.75) is 31.7 Å². The second-order valence-corrected chi connectivity index (χ2v) is 5.67. The quantitative estimate of drug-likeness (QED) is 0.890. The molecule has 1 aliphatic rings. The average molecular weight is 280 g/mol. The van der Waals surface area contributed by atoms with Crippen LogP contribution in [0.5, 0.6) is 0 Å². The summed E-state index contributed by atoms with van der Waals surface area (Å²) in [5.41, 5.74) is 2.95. The van der Waals surface area contributed by atoms with Crippen molar-refractivity contribution in [3.8, 4) is 6.07 Å². The lowest BCUT2D eigenvalue weighted by Gasteiger charge is -2.35. The monoisotopic (exact) mass is 280 g/mol. The number of anilines is 1. The van der Waals surface area contributed by atoms with E-state index in [0.29, 0.717) is 5.69 Å². The lowest BCUT2D eigenvalue weighted by molar-refractivity contribution is 0.504. The maximum absolute atomic E-state index is 13.6. The van der Waals surface area contributed by atoms with Gasteiger partial charge in [-0.05, 0) is 61.1 Å².